The molecule has 19 heavy (non-hydrogen) atoms. The van der Waals surface area contributed by atoms with Gasteiger partial charge in [0.25, 0.3) is 0 Å². The number of benzene rings is 2. The van der Waals surface area contributed by atoms with Crippen LogP contribution in [-0.2, 0) is 0 Å². The van der Waals surface area contributed by atoms with Crippen LogP contribution in [0.4, 0.5) is 4.39 Å². The van der Waals surface area contributed by atoms with E-state index in [0.717, 1.165) is 28.4 Å². The maximum absolute atomic E-state index is 13.8. The van der Waals surface area contributed by atoms with Crippen molar-refractivity contribution in [2.45, 2.75) is 6.92 Å². The Morgan fingerprint density at radius 1 is 1.16 bits per heavy atom. The maximum atomic E-state index is 13.8. The highest BCUT2D eigenvalue weighted by molar-refractivity contribution is 6.00. The number of nitrogens with one attached hydrogen (secondary N) is 1. The van der Waals surface area contributed by atoms with E-state index in [1.165, 1.54) is 6.07 Å². The summed E-state index contributed by atoms with van der Waals surface area (Å²) in [4.78, 5) is 14.3. The smallest absolute Gasteiger partial charge is 0.152 e. The first-order valence-electron chi connectivity index (χ1n) is 6.03. The number of halogens is 1. The molecule has 0 aliphatic rings. The zero-order valence-corrected chi connectivity index (χ0v) is 10.4. The number of hydrogen-bond acceptors (Lipinski definition) is 1. The van der Waals surface area contributed by atoms with Gasteiger partial charge in [-0.3, -0.25) is 4.79 Å². The fourth-order valence-corrected chi connectivity index (χ4v) is 2.36. The number of fused-ring (bicyclic) bond motifs is 1. The van der Waals surface area contributed by atoms with E-state index in [1.54, 1.807) is 18.2 Å². The van der Waals surface area contributed by atoms with Gasteiger partial charge in [-0.05, 0) is 30.7 Å². The van der Waals surface area contributed by atoms with Gasteiger partial charge in [-0.1, -0.05) is 24.3 Å². The number of aromatic nitrogens is 1. The van der Waals surface area contributed by atoms with Crippen LogP contribution in [0.1, 0.15) is 16.1 Å². The molecular formula is C16H12FNO. The molecule has 2 aromatic carbocycles. The molecule has 3 aromatic rings. The second-order valence-corrected chi connectivity index (χ2v) is 4.52. The fraction of sp³-hybridized carbons (Fsp3) is 0.0625. The van der Waals surface area contributed by atoms with Crippen molar-refractivity contribution in [1.29, 1.82) is 0 Å². The van der Waals surface area contributed by atoms with Crippen molar-refractivity contribution < 1.29 is 9.18 Å². The van der Waals surface area contributed by atoms with Crippen molar-refractivity contribution in [2.24, 2.45) is 0 Å². The molecule has 0 atom stereocenters. The van der Waals surface area contributed by atoms with Crippen LogP contribution in [-0.4, -0.2) is 11.3 Å². The molecular weight excluding hydrogens is 241 g/mol. The topological polar surface area (TPSA) is 32.9 Å². The minimum atomic E-state index is -0.262. The second kappa shape index (κ2) is 4.35. The van der Waals surface area contributed by atoms with Crippen LogP contribution >= 0.6 is 0 Å². The number of H-pyrrole nitrogens is 1. The molecule has 0 saturated heterocycles. The van der Waals surface area contributed by atoms with Gasteiger partial charge in [0, 0.05) is 27.7 Å². The number of aldehydes is 1. The summed E-state index contributed by atoms with van der Waals surface area (Å²) in [5.41, 5.74) is 3.66. The van der Waals surface area contributed by atoms with E-state index in [0.29, 0.717) is 11.1 Å². The largest absolute Gasteiger partial charge is 0.358 e. The van der Waals surface area contributed by atoms with E-state index < -0.39 is 0 Å². The summed E-state index contributed by atoms with van der Waals surface area (Å²) in [7, 11) is 0. The molecule has 0 unspecified atom stereocenters. The maximum Gasteiger partial charge on any atom is 0.152 e. The molecule has 3 rings (SSSR count). The van der Waals surface area contributed by atoms with Crippen molar-refractivity contribution >= 4 is 17.2 Å². The third-order valence-electron chi connectivity index (χ3n) is 3.34. The molecule has 0 fully saturated rings. The fourth-order valence-electron chi connectivity index (χ4n) is 2.36. The third kappa shape index (κ3) is 1.83. The molecule has 1 heterocycles. The number of carbonyl (C=O) groups excluding carboxylic acids is 1. The van der Waals surface area contributed by atoms with Gasteiger partial charge in [-0.25, -0.2) is 4.39 Å². The average Bonchev–Trinajstić information content (AvgIpc) is 2.73. The Bertz CT molecular complexity index is 774. The lowest BCUT2D eigenvalue weighted by atomic mass is 10.0. The minimum Gasteiger partial charge on any atom is -0.358 e. The molecule has 94 valence electrons. The van der Waals surface area contributed by atoms with Crippen LogP contribution in [0.3, 0.4) is 0 Å². The molecule has 0 saturated carbocycles. The molecule has 0 bridgehead atoms. The van der Waals surface area contributed by atoms with Crippen molar-refractivity contribution in [3.63, 3.8) is 0 Å². The van der Waals surface area contributed by atoms with Crippen molar-refractivity contribution in [2.75, 3.05) is 0 Å². The summed E-state index contributed by atoms with van der Waals surface area (Å²) in [5, 5.41) is 0.827. The lowest BCUT2D eigenvalue weighted by molar-refractivity contribution is 0.112. The lowest BCUT2D eigenvalue weighted by Crippen LogP contribution is -1.84. The van der Waals surface area contributed by atoms with E-state index in [1.807, 2.05) is 25.1 Å². The number of rotatable bonds is 2. The van der Waals surface area contributed by atoms with Gasteiger partial charge in [0.1, 0.15) is 5.82 Å². The molecule has 0 amide bonds. The number of hydrogen-bond donors (Lipinski definition) is 1. The molecule has 1 aromatic heterocycles. The summed E-state index contributed by atoms with van der Waals surface area (Å²) in [6, 6.07) is 12.2. The predicted molar refractivity (Wildman–Crippen MR) is 73.8 cm³/mol. The first kappa shape index (κ1) is 11.7. The van der Waals surface area contributed by atoms with Crippen molar-refractivity contribution in [1.82, 2.24) is 4.98 Å². The van der Waals surface area contributed by atoms with Crippen LogP contribution in [0.2, 0.25) is 0 Å². The van der Waals surface area contributed by atoms with E-state index in [9.17, 15) is 9.18 Å². The van der Waals surface area contributed by atoms with Crippen molar-refractivity contribution in [3.05, 3.63) is 59.5 Å². The first-order chi connectivity index (χ1) is 9.20. The van der Waals surface area contributed by atoms with Gasteiger partial charge in [-0.2, -0.15) is 0 Å². The summed E-state index contributed by atoms with van der Waals surface area (Å²) in [5.74, 6) is -0.262. The highest BCUT2D eigenvalue weighted by Crippen LogP contribution is 2.28. The zero-order chi connectivity index (χ0) is 13.4. The monoisotopic (exact) mass is 253 g/mol. The van der Waals surface area contributed by atoms with Gasteiger partial charge < -0.3 is 4.98 Å². The summed E-state index contributed by atoms with van der Waals surface area (Å²) >= 11 is 0. The van der Waals surface area contributed by atoms with Crippen LogP contribution in [0.25, 0.3) is 22.0 Å². The quantitative estimate of drug-likeness (QED) is 0.685. The molecule has 2 nitrogen and oxygen atoms in total. The number of aromatic amines is 1. The van der Waals surface area contributed by atoms with Crippen molar-refractivity contribution in [3.8, 4) is 11.1 Å². The standard InChI is InChI=1S/C16H12FNO/c1-10-14(9-19)13-8-11(6-7-16(13)18-10)12-4-2-3-5-15(12)17/h2-9,18H,1H3. The second-order valence-electron chi connectivity index (χ2n) is 4.52. The van der Waals surface area contributed by atoms with Crippen LogP contribution in [0.15, 0.2) is 42.5 Å². The van der Waals surface area contributed by atoms with Gasteiger partial charge in [0.15, 0.2) is 6.29 Å². The summed E-state index contributed by atoms with van der Waals surface area (Å²) in [6.07, 6.45) is 0.833. The molecule has 3 heteroatoms. The summed E-state index contributed by atoms with van der Waals surface area (Å²) in [6.45, 7) is 1.85. The highest BCUT2D eigenvalue weighted by Gasteiger charge is 2.10. The molecule has 0 spiro atoms. The highest BCUT2D eigenvalue weighted by atomic mass is 19.1. The Morgan fingerprint density at radius 2 is 1.95 bits per heavy atom. The molecule has 0 aliphatic heterocycles. The minimum absolute atomic E-state index is 0.262. The van der Waals surface area contributed by atoms with Crippen LogP contribution in [0.5, 0.6) is 0 Å². The Hall–Kier alpha value is -2.42. The Labute approximate surface area is 109 Å². The predicted octanol–water partition coefficient (Wildman–Crippen LogP) is 4.09. The van der Waals surface area contributed by atoms with Gasteiger partial charge in [0.2, 0.25) is 0 Å². The molecule has 1 N–H and O–H groups in total. The lowest BCUT2D eigenvalue weighted by Gasteiger charge is -2.03. The number of aryl methyl sites for hydroxylation is 1. The summed E-state index contributed by atoms with van der Waals surface area (Å²) < 4.78 is 13.8. The Balaban J connectivity index is 2.27. The third-order valence-corrected chi connectivity index (χ3v) is 3.34. The SMILES string of the molecule is Cc1[nH]c2ccc(-c3ccccc3F)cc2c1C=O. The van der Waals surface area contributed by atoms with Crippen LogP contribution < -0.4 is 0 Å². The first-order valence-corrected chi connectivity index (χ1v) is 6.03. The Kier molecular flexibility index (Phi) is 2.67. The van der Waals surface area contributed by atoms with E-state index in [-0.39, 0.29) is 5.82 Å². The van der Waals surface area contributed by atoms with Gasteiger partial charge in [0.05, 0.1) is 0 Å². The molecule has 0 aliphatic carbocycles. The van der Waals surface area contributed by atoms with E-state index >= 15 is 0 Å². The van der Waals surface area contributed by atoms with E-state index in [2.05, 4.69) is 4.98 Å². The zero-order valence-electron chi connectivity index (χ0n) is 10.4. The average molecular weight is 253 g/mol. The normalized spacial score (nSPS) is 10.8. The number of carbonyl (C=O) groups is 1. The van der Waals surface area contributed by atoms with Crippen LogP contribution in [0, 0.1) is 12.7 Å². The van der Waals surface area contributed by atoms with Gasteiger partial charge >= 0.3 is 0 Å². The van der Waals surface area contributed by atoms with Gasteiger partial charge in [-0.15, -0.1) is 0 Å². The Morgan fingerprint density at radius 3 is 2.68 bits per heavy atom. The van der Waals surface area contributed by atoms with E-state index in [4.69, 9.17) is 0 Å². The molecule has 0 radical (unpaired) electrons.